The maximum absolute atomic E-state index is 13.7. The molecule has 3 saturated heterocycles. The van der Waals surface area contributed by atoms with E-state index in [1.54, 1.807) is 4.90 Å². The van der Waals surface area contributed by atoms with Crippen molar-refractivity contribution in [1.82, 2.24) is 24.7 Å². The van der Waals surface area contributed by atoms with E-state index in [2.05, 4.69) is 33.1 Å². The number of benzene rings is 1. The standard InChI is InChI=1S/C29H30FN5O4/c30-12-20-2-1-8-33(20)13-19-11-24(31-27-22(19)7-9-34(27)21-15-39-16-21)17-3-4-23-18(10-17)14-35(29(23)38)25-5-6-26(36)32-28(25)37/h3-4,7,9-11,20-21,25H,1-2,5-6,8,12-16H2,(H,32,36,37). The number of aromatic nitrogens is 2. The summed E-state index contributed by atoms with van der Waals surface area (Å²) in [5.41, 5.74) is 5.08. The zero-order valence-electron chi connectivity index (χ0n) is 21.6. The molecule has 3 amide bonds. The Morgan fingerprint density at radius 3 is 2.74 bits per heavy atom. The molecule has 2 atom stereocenters. The summed E-state index contributed by atoms with van der Waals surface area (Å²) < 4.78 is 21.3. The van der Waals surface area contributed by atoms with Gasteiger partial charge in [-0.1, -0.05) is 6.07 Å². The lowest BCUT2D eigenvalue weighted by Crippen LogP contribution is -2.52. The van der Waals surface area contributed by atoms with Gasteiger partial charge in [0.25, 0.3) is 5.91 Å². The predicted molar refractivity (Wildman–Crippen MR) is 140 cm³/mol. The number of ether oxygens (including phenoxy) is 1. The van der Waals surface area contributed by atoms with Crippen molar-refractivity contribution < 1.29 is 23.5 Å². The Balaban J connectivity index is 1.25. The second-order valence-corrected chi connectivity index (χ2v) is 11.0. The minimum Gasteiger partial charge on any atom is -0.377 e. The minimum absolute atomic E-state index is 0.0527. The van der Waals surface area contributed by atoms with Crippen molar-refractivity contribution in [3.8, 4) is 11.3 Å². The molecule has 0 spiro atoms. The van der Waals surface area contributed by atoms with Crippen LogP contribution in [0.4, 0.5) is 4.39 Å². The summed E-state index contributed by atoms with van der Waals surface area (Å²) in [5.74, 6) is -0.913. The highest BCUT2D eigenvalue weighted by atomic mass is 19.1. The van der Waals surface area contributed by atoms with Gasteiger partial charge in [0.05, 0.1) is 24.9 Å². The largest absolute Gasteiger partial charge is 0.377 e. The highest BCUT2D eigenvalue weighted by molar-refractivity contribution is 6.05. The molecule has 3 aromatic rings. The van der Waals surface area contributed by atoms with Crippen LogP contribution in [-0.2, 0) is 27.4 Å². The molecule has 2 unspecified atom stereocenters. The molecule has 1 aromatic carbocycles. The third kappa shape index (κ3) is 4.13. The fourth-order valence-electron chi connectivity index (χ4n) is 6.38. The van der Waals surface area contributed by atoms with E-state index >= 15 is 0 Å². The molecular weight excluding hydrogens is 501 g/mol. The summed E-state index contributed by atoms with van der Waals surface area (Å²) >= 11 is 0. The van der Waals surface area contributed by atoms with E-state index in [1.165, 1.54) is 0 Å². The SMILES string of the molecule is O=C1CCC(N2Cc3cc(-c4cc(CN5CCCC5CF)c5ccn(C6COC6)c5n4)ccc3C2=O)C(=O)N1. The van der Waals surface area contributed by atoms with Gasteiger partial charge in [0.15, 0.2) is 0 Å². The second kappa shape index (κ2) is 9.53. The number of rotatable bonds is 6. The van der Waals surface area contributed by atoms with Crippen molar-refractivity contribution in [3.63, 3.8) is 0 Å². The molecule has 4 aliphatic heterocycles. The maximum Gasteiger partial charge on any atom is 0.255 e. The summed E-state index contributed by atoms with van der Waals surface area (Å²) in [6, 6.07) is 9.42. The number of hydrogen-bond acceptors (Lipinski definition) is 6. The first kappa shape index (κ1) is 24.4. The van der Waals surface area contributed by atoms with E-state index in [0.717, 1.165) is 52.8 Å². The number of alkyl halides is 1. The van der Waals surface area contributed by atoms with Gasteiger partial charge in [0.2, 0.25) is 11.8 Å². The normalized spacial score (nSPS) is 23.9. The van der Waals surface area contributed by atoms with Crippen LogP contribution in [0.25, 0.3) is 22.3 Å². The summed E-state index contributed by atoms with van der Waals surface area (Å²) in [6.45, 7) is 2.80. The van der Waals surface area contributed by atoms with E-state index in [-0.39, 0.29) is 37.0 Å². The molecular formula is C29H30FN5O4. The van der Waals surface area contributed by atoms with E-state index in [9.17, 15) is 18.8 Å². The highest BCUT2D eigenvalue weighted by Crippen LogP contribution is 2.34. The molecule has 39 heavy (non-hydrogen) atoms. The third-order valence-electron chi connectivity index (χ3n) is 8.65. The fourth-order valence-corrected chi connectivity index (χ4v) is 6.38. The van der Waals surface area contributed by atoms with Gasteiger partial charge < -0.3 is 14.2 Å². The molecule has 2 aromatic heterocycles. The van der Waals surface area contributed by atoms with Gasteiger partial charge in [-0.05, 0) is 61.2 Å². The lowest BCUT2D eigenvalue weighted by atomic mass is 10.0. The summed E-state index contributed by atoms with van der Waals surface area (Å²) in [4.78, 5) is 46.1. The number of nitrogens with zero attached hydrogens (tertiary/aromatic N) is 4. The van der Waals surface area contributed by atoms with Crippen LogP contribution in [0.2, 0.25) is 0 Å². The lowest BCUT2D eigenvalue weighted by molar-refractivity contribution is -0.136. The number of carbonyl (C=O) groups is 3. The molecule has 7 rings (SSSR count). The zero-order chi connectivity index (χ0) is 26.7. The third-order valence-corrected chi connectivity index (χ3v) is 8.65. The van der Waals surface area contributed by atoms with Crippen LogP contribution < -0.4 is 5.32 Å². The van der Waals surface area contributed by atoms with Gasteiger partial charge in [0.1, 0.15) is 18.4 Å². The Kier molecular flexibility index (Phi) is 5.97. The van der Waals surface area contributed by atoms with Crippen LogP contribution in [0.15, 0.2) is 36.5 Å². The number of piperidine rings is 1. The van der Waals surface area contributed by atoms with Gasteiger partial charge >= 0.3 is 0 Å². The number of amides is 3. The Morgan fingerprint density at radius 2 is 1.97 bits per heavy atom. The minimum atomic E-state index is -0.649. The van der Waals surface area contributed by atoms with Gasteiger partial charge in [-0.25, -0.2) is 9.37 Å². The van der Waals surface area contributed by atoms with Crippen molar-refractivity contribution in [1.29, 1.82) is 0 Å². The molecule has 3 fully saturated rings. The summed E-state index contributed by atoms with van der Waals surface area (Å²) in [7, 11) is 0. The smallest absolute Gasteiger partial charge is 0.255 e. The first-order valence-corrected chi connectivity index (χ1v) is 13.7. The lowest BCUT2D eigenvalue weighted by Gasteiger charge is -2.29. The van der Waals surface area contributed by atoms with Crippen molar-refractivity contribution in [2.75, 3.05) is 26.4 Å². The number of fused-ring (bicyclic) bond motifs is 2. The number of hydrogen-bond donors (Lipinski definition) is 1. The van der Waals surface area contributed by atoms with E-state index in [4.69, 9.17) is 9.72 Å². The van der Waals surface area contributed by atoms with Crippen LogP contribution in [0.5, 0.6) is 0 Å². The van der Waals surface area contributed by atoms with Crippen molar-refractivity contribution >= 4 is 28.8 Å². The van der Waals surface area contributed by atoms with Gasteiger partial charge in [-0.3, -0.25) is 24.6 Å². The van der Waals surface area contributed by atoms with Crippen LogP contribution in [0, 0.1) is 0 Å². The maximum atomic E-state index is 13.7. The van der Waals surface area contributed by atoms with E-state index in [1.807, 2.05) is 18.2 Å². The summed E-state index contributed by atoms with van der Waals surface area (Å²) in [5, 5.41) is 3.42. The highest BCUT2D eigenvalue weighted by Gasteiger charge is 2.39. The molecule has 0 saturated carbocycles. The molecule has 202 valence electrons. The molecule has 6 heterocycles. The number of pyridine rings is 1. The number of nitrogens with one attached hydrogen (secondary N) is 1. The Morgan fingerprint density at radius 1 is 1.10 bits per heavy atom. The van der Waals surface area contributed by atoms with E-state index in [0.29, 0.717) is 38.3 Å². The molecule has 0 bridgehead atoms. The number of imide groups is 1. The Bertz CT molecular complexity index is 1500. The topological polar surface area (TPSA) is 96.8 Å². The fraction of sp³-hybridized carbons (Fsp3) is 0.448. The average molecular weight is 532 g/mol. The van der Waals surface area contributed by atoms with Crippen LogP contribution in [0.3, 0.4) is 0 Å². The molecule has 10 heteroatoms. The molecule has 9 nitrogen and oxygen atoms in total. The first-order valence-electron chi connectivity index (χ1n) is 13.7. The Labute approximate surface area is 224 Å². The monoisotopic (exact) mass is 531 g/mol. The van der Waals surface area contributed by atoms with Gasteiger partial charge in [-0.2, -0.15) is 0 Å². The average Bonchev–Trinajstić information content (AvgIpc) is 3.61. The predicted octanol–water partition coefficient (Wildman–Crippen LogP) is 2.97. The number of likely N-dealkylation sites (tertiary alicyclic amines) is 1. The van der Waals surface area contributed by atoms with Crippen molar-refractivity contribution in [2.24, 2.45) is 0 Å². The number of carbonyl (C=O) groups excluding carboxylic acids is 3. The molecule has 1 N–H and O–H groups in total. The van der Waals surface area contributed by atoms with Crippen molar-refractivity contribution in [3.05, 3.63) is 53.2 Å². The quantitative estimate of drug-likeness (QED) is 0.492. The molecule has 0 radical (unpaired) electrons. The molecule has 0 aliphatic carbocycles. The van der Waals surface area contributed by atoms with E-state index < -0.39 is 11.9 Å². The number of halogens is 1. The second-order valence-electron chi connectivity index (χ2n) is 11.0. The summed E-state index contributed by atoms with van der Waals surface area (Å²) in [6.07, 6.45) is 4.49. The van der Waals surface area contributed by atoms with Gasteiger partial charge in [0, 0.05) is 48.3 Å². The van der Waals surface area contributed by atoms with Crippen LogP contribution in [0.1, 0.15) is 53.2 Å². The van der Waals surface area contributed by atoms with Crippen LogP contribution in [-0.4, -0.2) is 75.6 Å². The molecule has 4 aliphatic rings. The first-order chi connectivity index (χ1) is 19.0. The van der Waals surface area contributed by atoms with Gasteiger partial charge in [-0.15, -0.1) is 0 Å². The van der Waals surface area contributed by atoms with Crippen LogP contribution >= 0.6 is 0 Å². The zero-order valence-corrected chi connectivity index (χ0v) is 21.6. The Hall–Kier alpha value is -3.63. The van der Waals surface area contributed by atoms with Crippen molar-refractivity contribution in [2.45, 2.75) is 56.9 Å².